The third kappa shape index (κ3) is 5.99. The second kappa shape index (κ2) is 7.92. The third-order valence-corrected chi connectivity index (χ3v) is 6.99. The molecule has 0 aromatic carbocycles. The van der Waals surface area contributed by atoms with Crippen molar-refractivity contribution in [3.63, 3.8) is 0 Å². The molecule has 12 heteroatoms. The lowest BCUT2D eigenvalue weighted by atomic mass is 10.1. The fourth-order valence-electron chi connectivity index (χ4n) is 2.84. The van der Waals surface area contributed by atoms with Crippen LogP contribution in [0, 0.1) is 0 Å². The maximum atomic E-state index is 10.9. The number of aliphatic hydroxyl groups is 3. The second-order valence-electron chi connectivity index (χ2n) is 6.68. The molecular weight excluding hydrogens is 380 g/mol. The first-order valence-electron chi connectivity index (χ1n) is 7.73. The van der Waals surface area contributed by atoms with Gasteiger partial charge in [0.25, 0.3) is 0 Å². The van der Waals surface area contributed by atoms with Crippen LogP contribution < -0.4 is 0 Å². The monoisotopic (exact) mass is 405 g/mol. The molecule has 5 N–H and O–H groups in total. The molecule has 0 bridgehead atoms. The molecule has 2 aliphatic heterocycles. The number of hydrogen-bond acceptors (Lipinski definition) is 9. The van der Waals surface area contributed by atoms with Gasteiger partial charge >= 0.3 is 0 Å². The highest BCUT2D eigenvalue weighted by molar-refractivity contribution is 7.97. The average molecular weight is 405 g/mol. The van der Waals surface area contributed by atoms with Gasteiger partial charge in [0.1, 0.15) is 35.9 Å². The number of ether oxygens (including phenoxy) is 2. The van der Waals surface area contributed by atoms with Crippen molar-refractivity contribution in [1.29, 1.82) is 0 Å². The molecule has 25 heavy (non-hydrogen) atoms. The van der Waals surface area contributed by atoms with Crippen LogP contribution in [0.4, 0.5) is 0 Å². The van der Waals surface area contributed by atoms with Gasteiger partial charge in [-0.1, -0.05) is 0 Å². The van der Waals surface area contributed by atoms with Crippen molar-refractivity contribution in [2.24, 2.45) is 0 Å². The summed E-state index contributed by atoms with van der Waals surface area (Å²) < 4.78 is 48.3. The molecule has 10 nitrogen and oxygen atoms in total. The summed E-state index contributed by atoms with van der Waals surface area (Å²) in [5.74, 6) is -0.470. The fourth-order valence-corrected chi connectivity index (χ4v) is 5.86. The molecule has 1 unspecified atom stereocenters. The smallest absolute Gasteiger partial charge is 0.228 e. The summed E-state index contributed by atoms with van der Waals surface area (Å²) in [4.78, 5) is 0. The minimum atomic E-state index is -4.95. The minimum absolute atomic E-state index is 0.131. The topological polar surface area (TPSA) is 168 Å². The van der Waals surface area contributed by atoms with E-state index in [1.165, 1.54) is 0 Å². The van der Waals surface area contributed by atoms with Crippen molar-refractivity contribution in [3.8, 4) is 0 Å². The molecule has 2 saturated heterocycles. The molecule has 0 amide bonds. The summed E-state index contributed by atoms with van der Waals surface area (Å²) >= 11 is 0. The molecule has 7 atom stereocenters. The number of aliphatic hydroxyl groups excluding tert-OH is 3. The molecule has 0 radical (unpaired) electrons. The molecule has 0 aromatic rings. The maximum Gasteiger partial charge on any atom is 0.228 e. The number of hydrogen-bond donors (Lipinski definition) is 3. The van der Waals surface area contributed by atoms with Gasteiger partial charge in [0.15, 0.2) is 17.6 Å². The lowest BCUT2D eigenvalue weighted by Gasteiger charge is -2.40. The Morgan fingerprint density at radius 3 is 2.52 bits per heavy atom. The van der Waals surface area contributed by atoms with E-state index in [9.17, 15) is 28.3 Å². The van der Waals surface area contributed by atoms with E-state index in [2.05, 4.69) is 4.18 Å². The van der Waals surface area contributed by atoms with Crippen molar-refractivity contribution in [2.75, 3.05) is 23.9 Å². The first-order chi connectivity index (χ1) is 11.4. The van der Waals surface area contributed by atoms with Gasteiger partial charge in [0.2, 0.25) is 16.5 Å². The molecule has 2 rings (SSSR count). The van der Waals surface area contributed by atoms with Crippen molar-refractivity contribution in [2.45, 2.75) is 56.3 Å². The molecule has 0 aliphatic carbocycles. The van der Waals surface area contributed by atoms with Crippen LogP contribution in [-0.4, -0.2) is 99.7 Å². The Hall–Kier alpha value is -0.0200. The highest BCUT2D eigenvalue weighted by Crippen LogP contribution is 2.28. The maximum absolute atomic E-state index is 10.9. The Labute approximate surface area is 149 Å². The van der Waals surface area contributed by atoms with E-state index >= 15 is 0 Å². The Bertz CT molecular complexity index is 537. The average Bonchev–Trinajstić information content (AvgIpc) is 2.54. The molecule has 0 aromatic heterocycles. The zero-order valence-electron chi connectivity index (χ0n) is 13.9. The van der Waals surface area contributed by atoms with Gasteiger partial charge in [-0.3, -0.25) is 4.18 Å². The number of rotatable bonds is 4. The van der Waals surface area contributed by atoms with Crippen molar-refractivity contribution >= 4 is 21.3 Å². The van der Waals surface area contributed by atoms with Crippen molar-refractivity contribution < 1.29 is 47.1 Å². The van der Waals surface area contributed by atoms with Crippen LogP contribution in [-0.2, 0) is 35.0 Å². The van der Waals surface area contributed by atoms with Crippen LogP contribution in [0.3, 0.4) is 0 Å². The summed E-state index contributed by atoms with van der Waals surface area (Å²) in [6.07, 6.45) is -6.92. The van der Waals surface area contributed by atoms with Crippen LogP contribution >= 0.6 is 0 Å². The highest BCUT2D eigenvalue weighted by Gasteiger charge is 2.48. The molecule has 0 spiro atoms. The quantitative estimate of drug-likeness (QED) is 0.248. The molecule has 0 saturated carbocycles. The second-order valence-corrected chi connectivity index (χ2v) is 9.91. The van der Waals surface area contributed by atoms with E-state index in [0.29, 0.717) is 0 Å². The third-order valence-electron chi connectivity index (χ3n) is 4.06. The standard InChI is InChI=1S/C13H24O10S2/c1-13(2)21-3-9(23-25(18,19)20)10(22-13)6-24-4-7(14)11(16)12(17)8(15)5-24/h7-12,14-17H,3-6H2,1-2H3/p+1/t7-,8-,9+,10-,11-,12-/m1/s1. The van der Waals surface area contributed by atoms with Crippen LogP contribution in [0.25, 0.3) is 0 Å². The van der Waals surface area contributed by atoms with Gasteiger partial charge in [-0.2, -0.15) is 0 Å². The van der Waals surface area contributed by atoms with Crippen LogP contribution in [0.15, 0.2) is 0 Å². The van der Waals surface area contributed by atoms with Gasteiger partial charge in [0, 0.05) is 10.9 Å². The highest BCUT2D eigenvalue weighted by atomic mass is 32.3. The van der Waals surface area contributed by atoms with E-state index in [1.54, 1.807) is 13.8 Å². The molecule has 2 aliphatic rings. The first-order valence-corrected chi connectivity index (χ1v) is 10.8. The zero-order valence-corrected chi connectivity index (χ0v) is 15.5. The largest absolute Gasteiger partial charge is 0.726 e. The summed E-state index contributed by atoms with van der Waals surface area (Å²) in [5.41, 5.74) is 0. The predicted octanol–water partition coefficient (Wildman–Crippen LogP) is -3.21. The Morgan fingerprint density at radius 2 is 1.92 bits per heavy atom. The summed E-state index contributed by atoms with van der Waals surface area (Å²) in [6, 6.07) is 0. The Balaban J connectivity index is 2.12. The summed E-state index contributed by atoms with van der Waals surface area (Å²) in [7, 11) is -5.61. The van der Waals surface area contributed by atoms with Crippen LogP contribution in [0.5, 0.6) is 0 Å². The molecule has 148 valence electrons. The van der Waals surface area contributed by atoms with Gasteiger partial charge in [-0.15, -0.1) is 0 Å². The lowest BCUT2D eigenvalue weighted by Crippen LogP contribution is -2.53. The van der Waals surface area contributed by atoms with Gasteiger partial charge < -0.3 is 34.5 Å². The van der Waals surface area contributed by atoms with E-state index in [0.717, 1.165) is 0 Å². The first kappa shape index (κ1) is 21.3. The van der Waals surface area contributed by atoms with Crippen molar-refractivity contribution in [3.05, 3.63) is 0 Å². The SMILES string of the molecule is CC1(C)OC[C@H](OS(=O)(=O)[O-])[C@@H](C[S+]2C[C@@H](O)[C@@H](O)[C@H](O)[C@H]([OH2+])C2)O1. The predicted molar refractivity (Wildman–Crippen MR) is 86.9 cm³/mol. The van der Waals surface area contributed by atoms with Gasteiger partial charge in [-0.05, 0) is 13.8 Å². The summed E-state index contributed by atoms with van der Waals surface area (Å²) in [5, 5.41) is 37.5. The normalized spacial score (nSPS) is 42.8. The zero-order chi connectivity index (χ0) is 19.0. The van der Waals surface area contributed by atoms with E-state index in [1.807, 2.05) is 0 Å². The van der Waals surface area contributed by atoms with E-state index in [-0.39, 0.29) is 23.9 Å². The molecule has 2 heterocycles. The molecular formula is C13H25O10S2+. The van der Waals surface area contributed by atoms with Crippen LogP contribution in [0.2, 0.25) is 0 Å². The minimum Gasteiger partial charge on any atom is -0.726 e. The summed E-state index contributed by atoms with van der Waals surface area (Å²) in [6.45, 7) is 3.11. The van der Waals surface area contributed by atoms with Gasteiger partial charge in [-0.25, -0.2) is 8.42 Å². The Morgan fingerprint density at radius 1 is 1.28 bits per heavy atom. The van der Waals surface area contributed by atoms with Crippen molar-refractivity contribution in [1.82, 2.24) is 0 Å². The van der Waals surface area contributed by atoms with E-state index < -0.39 is 63.7 Å². The molecule has 2 fully saturated rings. The van der Waals surface area contributed by atoms with E-state index in [4.69, 9.17) is 14.6 Å². The fraction of sp³-hybridized carbons (Fsp3) is 1.00. The lowest BCUT2D eigenvalue weighted by molar-refractivity contribution is -0.294. The van der Waals surface area contributed by atoms with Gasteiger partial charge in [0.05, 0.1) is 6.61 Å². The van der Waals surface area contributed by atoms with Crippen LogP contribution in [0.1, 0.15) is 13.8 Å². The Kier molecular flexibility index (Phi) is 6.74.